The van der Waals surface area contributed by atoms with Crippen molar-refractivity contribution in [2.45, 2.75) is 50.3 Å². The lowest BCUT2D eigenvalue weighted by Gasteiger charge is -2.28. The summed E-state index contributed by atoms with van der Waals surface area (Å²) in [5.74, 6) is 2.48. The Morgan fingerprint density at radius 3 is 2.23 bits per heavy atom. The summed E-state index contributed by atoms with van der Waals surface area (Å²) in [5, 5.41) is 4.49. The van der Waals surface area contributed by atoms with Gasteiger partial charge >= 0.3 is 0 Å². The fourth-order valence-electron chi connectivity index (χ4n) is 4.79. The van der Waals surface area contributed by atoms with Gasteiger partial charge in [-0.25, -0.2) is 18.1 Å². The minimum atomic E-state index is -3.46. The molecule has 1 fully saturated rings. The summed E-state index contributed by atoms with van der Waals surface area (Å²) in [7, 11) is 0.528. The summed E-state index contributed by atoms with van der Waals surface area (Å²) in [4.78, 5) is 11.8. The average molecular weight is 496 g/mol. The number of aromatic nitrogens is 2. The second-order valence-corrected chi connectivity index (χ2v) is 11.6. The van der Waals surface area contributed by atoms with Crippen molar-refractivity contribution in [3.63, 3.8) is 0 Å². The molecule has 7 nitrogen and oxygen atoms in total. The van der Waals surface area contributed by atoms with Gasteiger partial charge in [0.05, 0.1) is 10.4 Å². The molecule has 0 aliphatic heterocycles. The van der Waals surface area contributed by atoms with Gasteiger partial charge in [0.25, 0.3) is 0 Å². The van der Waals surface area contributed by atoms with Crippen LogP contribution in [0.5, 0.6) is 0 Å². The Kier molecular flexibility index (Phi) is 8.23. The highest BCUT2D eigenvalue weighted by Gasteiger charge is 2.23. The van der Waals surface area contributed by atoms with Gasteiger partial charge in [-0.05, 0) is 73.8 Å². The molecule has 2 aromatic carbocycles. The summed E-state index contributed by atoms with van der Waals surface area (Å²) in [6.07, 6.45) is 6.20. The molecule has 3 aromatic rings. The van der Waals surface area contributed by atoms with Crippen LogP contribution in [0.25, 0.3) is 10.9 Å². The Morgan fingerprint density at radius 1 is 0.914 bits per heavy atom. The normalized spacial score (nSPS) is 18.5. The van der Waals surface area contributed by atoms with Gasteiger partial charge in [-0.15, -0.1) is 0 Å². The first-order chi connectivity index (χ1) is 16.9. The summed E-state index contributed by atoms with van der Waals surface area (Å²) in [5.41, 5.74) is 2.11. The highest BCUT2D eigenvalue weighted by molar-refractivity contribution is 7.89. The maximum atomic E-state index is 12.7. The molecule has 4 rings (SSSR count). The lowest BCUT2D eigenvalue weighted by Crippen LogP contribution is -2.32. The zero-order chi connectivity index (χ0) is 24.8. The Morgan fingerprint density at radius 2 is 1.57 bits per heavy atom. The second kappa shape index (κ2) is 11.4. The van der Waals surface area contributed by atoms with Crippen molar-refractivity contribution in [1.29, 1.82) is 0 Å². The minimum Gasteiger partial charge on any atom is -0.362 e. The van der Waals surface area contributed by atoms with E-state index in [0.717, 1.165) is 61.8 Å². The van der Waals surface area contributed by atoms with Crippen molar-refractivity contribution in [3.8, 4) is 0 Å². The van der Waals surface area contributed by atoms with Crippen molar-refractivity contribution in [1.82, 2.24) is 14.7 Å². The van der Waals surface area contributed by atoms with Gasteiger partial charge in [0.1, 0.15) is 5.82 Å². The van der Waals surface area contributed by atoms with E-state index in [1.807, 2.05) is 55.4 Å². The predicted octanol–water partition coefficient (Wildman–Crippen LogP) is 4.85. The minimum absolute atomic E-state index is 0.350. The number of anilines is 2. The summed E-state index contributed by atoms with van der Waals surface area (Å²) < 4.78 is 28.2. The predicted molar refractivity (Wildman–Crippen MR) is 143 cm³/mol. The van der Waals surface area contributed by atoms with E-state index in [1.165, 1.54) is 5.56 Å². The Hall–Kier alpha value is -2.71. The van der Waals surface area contributed by atoms with Crippen LogP contribution in [0.1, 0.15) is 44.6 Å². The van der Waals surface area contributed by atoms with E-state index < -0.39 is 10.0 Å². The number of hydrogen-bond acceptors (Lipinski definition) is 6. The van der Waals surface area contributed by atoms with Crippen LogP contribution >= 0.6 is 0 Å². The van der Waals surface area contributed by atoms with Crippen LogP contribution in [0.15, 0.2) is 53.4 Å². The highest BCUT2D eigenvalue weighted by atomic mass is 32.2. The molecule has 0 amide bonds. The van der Waals surface area contributed by atoms with Crippen LogP contribution in [0.4, 0.5) is 11.8 Å². The molecule has 1 heterocycles. The molecule has 0 bridgehead atoms. The number of benzene rings is 2. The quantitative estimate of drug-likeness (QED) is 0.418. The molecule has 2 N–H and O–H groups in total. The van der Waals surface area contributed by atoms with Crippen molar-refractivity contribution in [2.24, 2.45) is 11.8 Å². The number of nitrogens with zero attached hydrogens (tertiary/aromatic N) is 3. The highest BCUT2D eigenvalue weighted by Crippen LogP contribution is 2.29. The first-order valence-electron chi connectivity index (χ1n) is 12.6. The molecule has 1 aliphatic carbocycles. The van der Waals surface area contributed by atoms with Gasteiger partial charge in [0.2, 0.25) is 16.0 Å². The Bertz CT molecular complexity index is 1220. The van der Waals surface area contributed by atoms with E-state index in [9.17, 15) is 8.42 Å². The summed E-state index contributed by atoms with van der Waals surface area (Å²) in [6.45, 7) is 3.45. The maximum Gasteiger partial charge on any atom is 0.240 e. The molecular weight excluding hydrogens is 458 g/mol. The van der Waals surface area contributed by atoms with E-state index >= 15 is 0 Å². The first kappa shape index (κ1) is 25.4. The lowest BCUT2D eigenvalue weighted by atomic mass is 9.82. The van der Waals surface area contributed by atoms with E-state index in [2.05, 4.69) is 17.0 Å². The number of rotatable bonds is 10. The molecule has 0 atom stereocenters. The average Bonchev–Trinajstić information content (AvgIpc) is 2.87. The Balaban J connectivity index is 1.26. The zero-order valence-corrected chi connectivity index (χ0v) is 21.8. The third-order valence-corrected chi connectivity index (χ3v) is 8.30. The van der Waals surface area contributed by atoms with Gasteiger partial charge in [0, 0.05) is 32.6 Å². The van der Waals surface area contributed by atoms with Crippen LogP contribution in [0.2, 0.25) is 0 Å². The molecule has 1 aliphatic rings. The van der Waals surface area contributed by atoms with E-state index in [1.54, 1.807) is 12.1 Å². The first-order valence-corrected chi connectivity index (χ1v) is 14.1. The number of nitrogens with one attached hydrogen (secondary N) is 2. The Labute approximate surface area is 209 Å². The van der Waals surface area contributed by atoms with Gasteiger partial charge in [-0.3, -0.25) is 0 Å². The topological polar surface area (TPSA) is 87.2 Å². The number of fused-ring (bicyclic) bond motifs is 1. The van der Waals surface area contributed by atoms with Crippen LogP contribution in [-0.2, 0) is 16.4 Å². The standard InChI is InChI=1S/C27H37N5O2S/c1-4-7-20-14-16-23(17-15-20)35(33,34)29-19-22-12-10-21(11-13-22)18-28-27-30-25-9-6-5-8-24(25)26(31-27)32(2)3/h5-6,8-9,14-17,21-22,29H,4,7,10-13,18-19H2,1-3H3,(H,28,30,31)/t21-,22-. The van der Waals surface area contributed by atoms with Crippen molar-refractivity contribution >= 4 is 32.7 Å². The van der Waals surface area contributed by atoms with Gasteiger partial charge in [-0.2, -0.15) is 4.98 Å². The summed E-state index contributed by atoms with van der Waals surface area (Å²) in [6, 6.07) is 15.3. The molecule has 0 spiro atoms. The van der Waals surface area contributed by atoms with Gasteiger partial charge < -0.3 is 10.2 Å². The molecule has 8 heteroatoms. The fourth-order valence-corrected chi connectivity index (χ4v) is 5.91. The van der Waals surface area contributed by atoms with E-state index in [4.69, 9.17) is 9.97 Å². The zero-order valence-electron chi connectivity index (χ0n) is 21.0. The van der Waals surface area contributed by atoms with Crippen LogP contribution < -0.4 is 14.9 Å². The van der Waals surface area contributed by atoms with Crippen molar-refractivity contribution in [2.75, 3.05) is 37.4 Å². The number of sulfonamides is 1. The van der Waals surface area contributed by atoms with E-state index in [-0.39, 0.29) is 0 Å². The van der Waals surface area contributed by atoms with Crippen molar-refractivity contribution < 1.29 is 8.42 Å². The molecule has 0 saturated heterocycles. The fraction of sp³-hybridized carbons (Fsp3) is 0.481. The second-order valence-electron chi connectivity index (χ2n) is 9.80. The molecule has 1 saturated carbocycles. The van der Waals surface area contributed by atoms with E-state index in [0.29, 0.717) is 29.2 Å². The van der Waals surface area contributed by atoms with Crippen molar-refractivity contribution in [3.05, 3.63) is 54.1 Å². The smallest absolute Gasteiger partial charge is 0.240 e. The molecule has 35 heavy (non-hydrogen) atoms. The largest absolute Gasteiger partial charge is 0.362 e. The SMILES string of the molecule is CCCc1ccc(S(=O)(=O)NC[C@H]2CC[C@H](CNc3nc(N(C)C)c4ccccc4n3)CC2)cc1. The maximum absolute atomic E-state index is 12.7. The lowest BCUT2D eigenvalue weighted by molar-refractivity contribution is 0.284. The number of para-hydroxylation sites is 1. The monoisotopic (exact) mass is 495 g/mol. The van der Waals surface area contributed by atoms with Crippen LogP contribution in [-0.4, -0.2) is 45.6 Å². The third-order valence-electron chi connectivity index (χ3n) is 6.86. The molecule has 0 radical (unpaired) electrons. The van der Waals surface area contributed by atoms with Gasteiger partial charge in [0.15, 0.2) is 0 Å². The molecular formula is C27H37N5O2S. The molecule has 1 aromatic heterocycles. The molecule has 188 valence electrons. The van der Waals surface area contributed by atoms with Crippen LogP contribution in [0, 0.1) is 11.8 Å². The number of hydrogen-bond donors (Lipinski definition) is 2. The summed E-state index contributed by atoms with van der Waals surface area (Å²) >= 11 is 0. The third kappa shape index (κ3) is 6.49. The molecule has 0 unspecified atom stereocenters. The van der Waals surface area contributed by atoms with Gasteiger partial charge in [-0.1, -0.05) is 37.6 Å². The van der Waals surface area contributed by atoms with Crippen LogP contribution in [0.3, 0.4) is 0 Å². The number of aryl methyl sites for hydroxylation is 1.